The van der Waals surface area contributed by atoms with Crippen molar-refractivity contribution in [1.82, 2.24) is 25.3 Å². The SMILES string of the molecule is NC(=O)c1ncc(N2CCCCC2)nc1Nc1ccc(N2CCC(N3CC(c4cc5onc(C6CCC(=O)NC6=O)c5c5ccccc45)C3)CC2)cc1. The number of hydrogen-bond acceptors (Lipinski definition) is 11. The van der Waals surface area contributed by atoms with E-state index >= 15 is 0 Å². The Morgan fingerprint density at radius 3 is 2.40 bits per heavy atom. The van der Waals surface area contributed by atoms with E-state index in [1.807, 2.05) is 18.2 Å². The Balaban J connectivity index is 0.835. The molecule has 0 spiro atoms. The molecule has 0 radical (unpaired) electrons. The number of nitrogens with one attached hydrogen (secondary N) is 2. The van der Waals surface area contributed by atoms with Crippen molar-refractivity contribution in [2.75, 3.05) is 54.4 Å². The number of benzene rings is 3. The molecule has 5 aromatic rings. The first-order valence-electron chi connectivity index (χ1n) is 18.8. The zero-order chi connectivity index (χ0) is 36.1. The third kappa shape index (κ3) is 6.32. The number of fused-ring (bicyclic) bond motifs is 3. The molecule has 3 amide bonds. The van der Waals surface area contributed by atoms with Crippen molar-refractivity contribution in [3.63, 3.8) is 0 Å². The number of piperidine rings is 3. The first-order chi connectivity index (χ1) is 25.9. The van der Waals surface area contributed by atoms with Crippen molar-refractivity contribution in [3.05, 3.63) is 77.7 Å². The number of likely N-dealkylation sites (tertiary alicyclic amines) is 1. The Bertz CT molecular complexity index is 2200. The van der Waals surface area contributed by atoms with E-state index in [9.17, 15) is 14.4 Å². The lowest BCUT2D eigenvalue weighted by atomic mass is 9.83. The number of aromatic nitrogens is 3. The lowest BCUT2D eigenvalue weighted by Gasteiger charge is -2.48. The highest BCUT2D eigenvalue weighted by atomic mass is 16.5. The molecule has 9 rings (SSSR count). The number of rotatable bonds is 8. The van der Waals surface area contributed by atoms with Gasteiger partial charge in [-0.15, -0.1) is 0 Å². The van der Waals surface area contributed by atoms with Crippen LogP contribution in [0.2, 0.25) is 0 Å². The molecule has 4 aliphatic rings. The molecule has 13 heteroatoms. The Hall–Kier alpha value is -5.56. The lowest BCUT2D eigenvalue weighted by molar-refractivity contribution is -0.134. The zero-order valence-electron chi connectivity index (χ0n) is 29.6. The highest BCUT2D eigenvalue weighted by Crippen LogP contribution is 2.41. The van der Waals surface area contributed by atoms with Gasteiger partial charge in [0.15, 0.2) is 17.1 Å². The molecule has 4 saturated heterocycles. The molecule has 3 aromatic carbocycles. The molecule has 6 heterocycles. The minimum Gasteiger partial charge on any atom is -0.371 e. The molecular formula is C40H43N9O4. The number of carbonyl (C=O) groups is 3. The van der Waals surface area contributed by atoms with Crippen LogP contribution in [0.25, 0.3) is 21.7 Å². The van der Waals surface area contributed by atoms with E-state index in [-0.39, 0.29) is 17.5 Å². The van der Waals surface area contributed by atoms with Crippen molar-refractivity contribution < 1.29 is 18.9 Å². The summed E-state index contributed by atoms with van der Waals surface area (Å²) in [7, 11) is 0. The molecule has 272 valence electrons. The molecule has 1 unspecified atom stereocenters. The molecule has 2 aromatic heterocycles. The fourth-order valence-corrected chi connectivity index (χ4v) is 8.70. The van der Waals surface area contributed by atoms with Crippen LogP contribution in [-0.4, -0.2) is 83.1 Å². The summed E-state index contributed by atoms with van der Waals surface area (Å²) >= 11 is 0. The number of imide groups is 1. The van der Waals surface area contributed by atoms with Gasteiger partial charge in [-0.25, -0.2) is 9.97 Å². The zero-order valence-corrected chi connectivity index (χ0v) is 29.6. The monoisotopic (exact) mass is 713 g/mol. The van der Waals surface area contributed by atoms with E-state index in [0.29, 0.717) is 41.9 Å². The van der Waals surface area contributed by atoms with Crippen LogP contribution < -0.4 is 26.2 Å². The van der Waals surface area contributed by atoms with Gasteiger partial charge in [0, 0.05) is 69.0 Å². The van der Waals surface area contributed by atoms with Gasteiger partial charge in [0.1, 0.15) is 11.5 Å². The first-order valence-corrected chi connectivity index (χ1v) is 18.8. The van der Waals surface area contributed by atoms with Crippen LogP contribution >= 0.6 is 0 Å². The topological polar surface area (TPSA) is 163 Å². The van der Waals surface area contributed by atoms with Gasteiger partial charge in [0.2, 0.25) is 11.8 Å². The average molecular weight is 714 g/mol. The van der Waals surface area contributed by atoms with E-state index in [1.165, 1.54) is 23.1 Å². The number of nitrogens with zero attached hydrogens (tertiary/aromatic N) is 6. The molecule has 4 fully saturated rings. The predicted octanol–water partition coefficient (Wildman–Crippen LogP) is 5.19. The molecule has 4 N–H and O–H groups in total. The summed E-state index contributed by atoms with van der Waals surface area (Å²) in [6.07, 6.45) is 8.01. The molecular weight excluding hydrogens is 670 g/mol. The van der Waals surface area contributed by atoms with Gasteiger partial charge < -0.3 is 25.4 Å². The van der Waals surface area contributed by atoms with Gasteiger partial charge in [0.05, 0.1) is 17.5 Å². The molecule has 4 aliphatic heterocycles. The predicted molar refractivity (Wildman–Crippen MR) is 203 cm³/mol. The summed E-state index contributed by atoms with van der Waals surface area (Å²) in [5.74, 6) is -0.129. The van der Waals surface area contributed by atoms with E-state index in [1.54, 1.807) is 6.20 Å². The summed E-state index contributed by atoms with van der Waals surface area (Å²) in [5.41, 5.74) is 10.3. The smallest absolute Gasteiger partial charge is 0.271 e. The molecule has 0 saturated carbocycles. The Morgan fingerprint density at radius 2 is 1.66 bits per heavy atom. The van der Waals surface area contributed by atoms with E-state index < -0.39 is 11.8 Å². The molecule has 0 bridgehead atoms. The van der Waals surface area contributed by atoms with Gasteiger partial charge >= 0.3 is 0 Å². The number of nitrogens with two attached hydrogens (primary N) is 1. The Kier molecular flexibility index (Phi) is 8.65. The molecule has 53 heavy (non-hydrogen) atoms. The molecule has 1 atom stereocenters. The van der Waals surface area contributed by atoms with E-state index in [4.69, 9.17) is 15.2 Å². The highest BCUT2D eigenvalue weighted by molar-refractivity contribution is 6.11. The second-order valence-corrected chi connectivity index (χ2v) is 14.8. The second-order valence-electron chi connectivity index (χ2n) is 14.8. The summed E-state index contributed by atoms with van der Waals surface area (Å²) in [6.45, 7) is 5.80. The normalized spacial score (nSPS) is 20.5. The number of amides is 3. The van der Waals surface area contributed by atoms with Crippen LogP contribution in [0.3, 0.4) is 0 Å². The largest absolute Gasteiger partial charge is 0.371 e. The number of anilines is 4. The van der Waals surface area contributed by atoms with Crippen molar-refractivity contribution >= 4 is 62.5 Å². The Morgan fingerprint density at radius 1 is 0.906 bits per heavy atom. The average Bonchev–Trinajstić information content (AvgIpc) is 3.59. The summed E-state index contributed by atoms with van der Waals surface area (Å²) in [6, 6.07) is 19.2. The van der Waals surface area contributed by atoms with E-state index in [2.05, 4.69) is 71.9 Å². The third-order valence-electron chi connectivity index (χ3n) is 11.6. The minimum absolute atomic E-state index is 0.135. The summed E-state index contributed by atoms with van der Waals surface area (Å²) in [5, 5.41) is 13.2. The van der Waals surface area contributed by atoms with Crippen LogP contribution in [0.1, 0.15) is 78.5 Å². The minimum atomic E-state index is -0.608. The standard InChI is InChI=1S/C40H43N9O4/c41-38(51)37-39(44-33(21-42-37)48-16-4-1-5-17-48)43-25-8-10-26(11-9-25)47-18-14-27(15-19-47)49-22-24(23-49)31-20-32-35(29-7-3-2-6-28(29)31)36(46-53-32)30-12-13-34(50)45-40(30)52/h2-3,6-11,20-21,24,27,30H,1,4-5,12-19,22-23H2,(H2,41,51)(H,43,44)(H,45,50,52). The summed E-state index contributed by atoms with van der Waals surface area (Å²) < 4.78 is 5.86. The maximum absolute atomic E-state index is 12.7. The maximum atomic E-state index is 12.7. The first kappa shape index (κ1) is 33.3. The number of hydrogen-bond donors (Lipinski definition) is 3. The van der Waals surface area contributed by atoms with Crippen LogP contribution in [0, 0.1) is 0 Å². The van der Waals surface area contributed by atoms with Crippen molar-refractivity contribution in [1.29, 1.82) is 0 Å². The van der Waals surface area contributed by atoms with Crippen molar-refractivity contribution in [3.8, 4) is 0 Å². The van der Waals surface area contributed by atoms with E-state index in [0.717, 1.165) is 87.2 Å². The lowest BCUT2D eigenvalue weighted by Crippen LogP contribution is -2.54. The van der Waals surface area contributed by atoms with Crippen LogP contribution in [0.4, 0.5) is 23.0 Å². The number of carbonyl (C=O) groups excluding carboxylic acids is 3. The third-order valence-corrected chi connectivity index (χ3v) is 11.6. The summed E-state index contributed by atoms with van der Waals surface area (Å²) in [4.78, 5) is 53.0. The van der Waals surface area contributed by atoms with Gasteiger partial charge in [-0.3, -0.25) is 24.6 Å². The fraction of sp³-hybridized carbons (Fsp3) is 0.400. The van der Waals surface area contributed by atoms with Crippen LogP contribution in [0.5, 0.6) is 0 Å². The maximum Gasteiger partial charge on any atom is 0.271 e. The van der Waals surface area contributed by atoms with Gasteiger partial charge in [-0.2, -0.15) is 0 Å². The van der Waals surface area contributed by atoms with Crippen LogP contribution in [0.15, 0.2) is 65.3 Å². The van der Waals surface area contributed by atoms with Gasteiger partial charge in [0.25, 0.3) is 5.91 Å². The van der Waals surface area contributed by atoms with Gasteiger partial charge in [-0.1, -0.05) is 29.4 Å². The van der Waals surface area contributed by atoms with Crippen LogP contribution in [-0.2, 0) is 9.59 Å². The fourth-order valence-electron chi connectivity index (χ4n) is 8.70. The molecule has 0 aliphatic carbocycles. The Labute approximate surface area is 306 Å². The van der Waals surface area contributed by atoms with Crippen molar-refractivity contribution in [2.24, 2.45) is 5.73 Å². The van der Waals surface area contributed by atoms with Gasteiger partial charge in [-0.05, 0) is 85.2 Å². The quantitative estimate of drug-likeness (QED) is 0.181. The van der Waals surface area contributed by atoms with Crippen molar-refractivity contribution in [2.45, 2.75) is 62.8 Å². The number of primary amides is 1. The molecule has 13 nitrogen and oxygen atoms in total. The highest BCUT2D eigenvalue weighted by Gasteiger charge is 2.37. The second kappa shape index (κ2) is 13.8.